The van der Waals surface area contributed by atoms with Crippen LogP contribution in [0.3, 0.4) is 0 Å². The number of pyridine rings is 1. The zero-order valence-electron chi connectivity index (χ0n) is 15.9. The van der Waals surface area contributed by atoms with Crippen LogP contribution in [0.2, 0.25) is 5.02 Å². The molecule has 1 aliphatic rings. The fourth-order valence-corrected chi connectivity index (χ4v) is 3.92. The van der Waals surface area contributed by atoms with Gasteiger partial charge in [0.1, 0.15) is 12.3 Å². The summed E-state index contributed by atoms with van der Waals surface area (Å²) in [7, 11) is 0. The van der Waals surface area contributed by atoms with Crippen molar-refractivity contribution in [2.24, 2.45) is 5.92 Å². The molecule has 0 aromatic carbocycles. The Kier molecular flexibility index (Phi) is 5.17. The second kappa shape index (κ2) is 7.75. The van der Waals surface area contributed by atoms with Crippen LogP contribution in [0.4, 0.5) is 0 Å². The van der Waals surface area contributed by atoms with Crippen LogP contribution >= 0.6 is 11.6 Å². The Morgan fingerprint density at radius 2 is 2.21 bits per heavy atom. The van der Waals surface area contributed by atoms with Crippen molar-refractivity contribution in [1.82, 2.24) is 24.8 Å². The molecule has 0 radical (unpaired) electrons. The van der Waals surface area contributed by atoms with Gasteiger partial charge in [0, 0.05) is 25.0 Å². The van der Waals surface area contributed by atoms with Gasteiger partial charge in [0.15, 0.2) is 0 Å². The van der Waals surface area contributed by atoms with Gasteiger partial charge in [-0.2, -0.15) is 5.10 Å². The molecule has 0 N–H and O–H groups in total. The number of carbonyl (C=O) groups is 1. The number of aromatic nitrogens is 4. The van der Waals surface area contributed by atoms with E-state index in [0.29, 0.717) is 10.9 Å². The lowest BCUT2D eigenvalue weighted by atomic mass is 10.0. The van der Waals surface area contributed by atoms with Crippen molar-refractivity contribution < 1.29 is 9.32 Å². The number of amides is 1. The summed E-state index contributed by atoms with van der Waals surface area (Å²) in [5.41, 5.74) is 3.72. The molecule has 28 heavy (non-hydrogen) atoms. The Labute approximate surface area is 168 Å². The minimum atomic E-state index is 0.0692. The van der Waals surface area contributed by atoms with Crippen LogP contribution in [-0.4, -0.2) is 43.8 Å². The molecule has 3 aromatic rings. The molecule has 1 atom stereocenters. The molecule has 0 aliphatic carbocycles. The number of carbonyl (C=O) groups excluding carboxylic acids is 1. The summed E-state index contributed by atoms with van der Waals surface area (Å²) >= 11 is 5.86. The number of likely N-dealkylation sites (tertiary alicyclic amines) is 1. The summed E-state index contributed by atoms with van der Waals surface area (Å²) < 4.78 is 6.84. The van der Waals surface area contributed by atoms with Crippen molar-refractivity contribution >= 4 is 17.5 Å². The quantitative estimate of drug-likeness (QED) is 0.657. The largest absolute Gasteiger partial charge is 0.361 e. The summed E-state index contributed by atoms with van der Waals surface area (Å²) in [5.74, 6) is 1.25. The molecule has 4 heterocycles. The maximum absolute atomic E-state index is 12.5. The summed E-state index contributed by atoms with van der Waals surface area (Å²) in [6, 6.07) is 6.04. The molecule has 1 amide bonds. The minimum absolute atomic E-state index is 0.0692. The van der Waals surface area contributed by atoms with Crippen molar-refractivity contribution in [2.45, 2.75) is 33.2 Å². The lowest BCUT2D eigenvalue weighted by Crippen LogP contribution is -2.32. The van der Waals surface area contributed by atoms with E-state index in [1.54, 1.807) is 17.1 Å². The molecule has 146 valence electrons. The molecule has 0 unspecified atom stereocenters. The third-order valence-corrected chi connectivity index (χ3v) is 5.33. The second-order valence-corrected chi connectivity index (χ2v) is 7.70. The van der Waals surface area contributed by atoms with Gasteiger partial charge >= 0.3 is 0 Å². The van der Waals surface area contributed by atoms with E-state index in [-0.39, 0.29) is 12.5 Å². The van der Waals surface area contributed by atoms with E-state index >= 15 is 0 Å². The summed E-state index contributed by atoms with van der Waals surface area (Å²) in [6.45, 7) is 5.55. The predicted molar refractivity (Wildman–Crippen MR) is 105 cm³/mol. The fourth-order valence-electron chi connectivity index (χ4n) is 3.77. The van der Waals surface area contributed by atoms with E-state index in [4.69, 9.17) is 21.1 Å². The molecule has 0 bridgehead atoms. The van der Waals surface area contributed by atoms with Gasteiger partial charge in [-0.1, -0.05) is 22.8 Å². The Hall–Kier alpha value is -2.67. The highest BCUT2D eigenvalue weighted by atomic mass is 35.5. The van der Waals surface area contributed by atoms with Gasteiger partial charge in [-0.05, 0) is 44.7 Å². The molecule has 8 heteroatoms. The van der Waals surface area contributed by atoms with E-state index in [0.717, 1.165) is 54.3 Å². The molecule has 1 fully saturated rings. The first kappa shape index (κ1) is 18.7. The van der Waals surface area contributed by atoms with Crippen molar-refractivity contribution in [2.75, 3.05) is 13.1 Å². The average Bonchev–Trinajstić information content (AvgIpc) is 3.37. The van der Waals surface area contributed by atoms with E-state index < -0.39 is 0 Å². The van der Waals surface area contributed by atoms with E-state index in [9.17, 15) is 4.79 Å². The Morgan fingerprint density at radius 3 is 2.93 bits per heavy atom. The lowest BCUT2D eigenvalue weighted by molar-refractivity contribution is -0.131. The maximum Gasteiger partial charge on any atom is 0.244 e. The standard InChI is InChI=1S/C20H22ClN5O2/c1-13-20(14(2)28-24-13)18-5-3-4-17(23-18)8-15-6-7-25(10-15)19(27)12-26-11-16(21)9-22-26/h3-5,9,11,15H,6-8,10,12H2,1-2H3/t15-/m1/s1. The molecule has 0 saturated carbocycles. The van der Waals surface area contributed by atoms with Crippen LogP contribution in [0.5, 0.6) is 0 Å². The SMILES string of the molecule is Cc1noc(C)c1-c1cccc(C[C@H]2CCN(C(=O)Cn3cc(Cl)cn3)C2)n1. The first-order valence-electron chi connectivity index (χ1n) is 9.34. The molecule has 1 aliphatic heterocycles. The second-order valence-electron chi connectivity index (χ2n) is 7.27. The zero-order valence-corrected chi connectivity index (χ0v) is 16.7. The van der Waals surface area contributed by atoms with Crippen molar-refractivity contribution in [3.63, 3.8) is 0 Å². The molecular weight excluding hydrogens is 378 g/mol. The summed E-state index contributed by atoms with van der Waals surface area (Å²) in [4.78, 5) is 19.2. The van der Waals surface area contributed by atoms with Crippen molar-refractivity contribution in [3.8, 4) is 11.3 Å². The fraction of sp³-hybridized carbons (Fsp3) is 0.400. The first-order valence-corrected chi connectivity index (χ1v) is 9.72. The van der Waals surface area contributed by atoms with Gasteiger partial charge < -0.3 is 9.42 Å². The molecule has 7 nitrogen and oxygen atoms in total. The molecule has 3 aromatic heterocycles. The van der Waals surface area contributed by atoms with Crippen LogP contribution in [0.25, 0.3) is 11.3 Å². The summed E-state index contributed by atoms with van der Waals surface area (Å²) in [6.07, 6.45) is 5.02. The van der Waals surface area contributed by atoms with Crippen LogP contribution in [0, 0.1) is 19.8 Å². The van der Waals surface area contributed by atoms with E-state index in [1.807, 2.05) is 36.9 Å². The highest BCUT2D eigenvalue weighted by Crippen LogP contribution is 2.26. The zero-order chi connectivity index (χ0) is 19.7. The predicted octanol–water partition coefficient (Wildman–Crippen LogP) is 3.29. The third-order valence-electron chi connectivity index (χ3n) is 5.13. The molecular formula is C20H22ClN5O2. The minimum Gasteiger partial charge on any atom is -0.361 e. The average molecular weight is 400 g/mol. The number of aryl methyl sites for hydroxylation is 2. The van der Waals surface area contributed by atoms with Gasteiger partial charge in [0.2, 0.25) is 5.91 Å². The van der Waals surface area contributed by atoms with Gasteiger partial charge in [-0.3, -0.25) is 14.5 Å². The Balaban J connectivity index is 1.39. The number of hydrogen-bond donors (Lipinski definition) is 0. The number of hydrogen-bond acceptors (Lipinski definition) is 5. The van der Waals surface area contributed by atoms with Gasteiger partial charge in [0.05, 0.1) is 28.2 Å². The Bertz CT molecular complexity index is 977. The first-order chi connectivity index (χ1) is 13.5. The topological polar surface area (TPSA) is 77.0 Å². The van der Waals surface area contributed by atoms with E-state index in [2.05, 4.69) is 10.3 Å². The van der Waals surface area contributed by atoms with E-state index in [1.165, 1.54) is 0 Å². The number of halogens is 1. The molecule has 4 rings (SSSR count). The highest BCUT2D eigenvalue weighted by Gasteiger charge is 2.27. The smallest absolute Gasteiger partial charge is 0.244 e. The van der Waals surface area contributed by atoms with Crippen LogP contribution in [-0.2, 0) is 17.8 Å². The number of nitrogens with zero attached hydrogens (tertiary/aromatic N) is 5. The van der Waals surface area contributed by atoms with Gasteiger partial charge in [0.25, 0.3) is 0 Å². The van der Waals surface area contributed by atoms with Crippen LogP contribution in [0.15, 0.2) is 35.1 Å². The van der Waals surface area contributed by atoms with Crippen LogP contribution < -0.4 is 0 Å². The van der Waals surface area contributed by atoms with Crippen LogP contribution in [0.1, 0.15) is 23.6 Å². The number of rotatable bonds is 5. The van der Waals surface area contributed by atoms with Crippen molar-refractivity contribution in [1.29, 1.82) is 0 Å². The summed E-state index contributed by atoms with van der Waals surface area (Å²) in [5, 5.41) is 8.63. The molecule has 1 saturated heterocycles. The lowest BCUT2D eigenvalue weighted by Gasteiger charge is -2.16. The molecule has 0 spiro atoms. The third kappa shape index (κ3) is 3.94. The van der Waals surface area contributed by atoms with Crippen molar-refractivity contribution in [3.05, 3.63) is 52.8 Å². The monoisotopic (exact) mass is 399 g/mol. The maximum atomic E-state index is 12.5. The highest BCUT2D eigenvalue weighted by molar-refractivity contribution is 6.30. The van der Waals surface area contributed by atoms with Gasteiger partial charge in [-0.25, -0.2) is 0 Å². The normalized spacial score (nSPS) is 16.7. The van der Waals surface area contributed by atoms with Gasteiger partial charge in [-0.15, -0.1) is 0 Å². The Morgan fingerprint density at radius 1 is 1.36 bits per heavy atom.